The molecule has 0 aliphatic carbocycles. The van der Waals surface area contributed by atoms with Gasteiger partial charge in [-0.1, -0.05) is 12.1 Å². The molecule has 0 aliphatic heterocycles. The second-order valence-corrected chi connectivity index (χ2v) is 3.25. The number of hydrogen-bond donors (Lipinski definition) is 1. The molecule has 1 aromatic carbocycles. The summed E-state index contributed by atoms with van der Waals surface area (Å²) in [6.45, 7) is 2.11. The fourth-order valence-electron chi connectivity index (χ4n) is 0.769. The van der Waals surface area contributed by atoms with Gasteiger partial charge in [-0.25, -0.2) is 4.21 Å². The van der Waals surface area contributed by atoms with E-state index in [1.54, 1.807) is 25.1 Å². The van der Waals surface area contributed by atoms with Crippen LogP contribution in [0.5, 0.6) is 5.75 Å². The number of aromatic hydroxyl groups is 1. The molecule has 66 valence electrons. The first-order valence-corrected chi connectivity index (χ1v) is 4.66. The summed E-state index contributed by atoms with van der Waals surface area (Å²) < 4.78 is 16.0. The van der Waals surface area contributed by atoms with E-state index in [2.05, 4.69) is 0 Å². The molecule has 1 unspecified atom stereocenters. The monoisotopic (exact) mass is 186 g/mol. The summed E-state index contributed by atoms with van der Waals surface area (Å²) in [5.74, 6) is 0.00397. The minimum atomic E-state index is -1.55. The number of benzene rings is 1. The largest absolute Gasteiger partial charge is 0.507 e. The highest BCUT2D eigenvalue weighted by Gasteiger charge is 2.07. The molecule has 0 heterocycles. The van der Waals surface area contributed by atoms with Crippen LogP contribution in [0.2, 0.25) is 0 Å². The molecular formula is C8H10O3S. The Morgan fingerprint density at radius 2 is 2.17 bits per heavy atom. The van der Waals surface area contributed by atoms with Gasteiger partial charge in [-0.2, -0.15) is 0 Å². The lowest BCUT2D eigenvalue weighted by molar-refractivity contribution is 0.368. The van der Waals surface area contributed by atoms with E-state index < -0.39 is 11.1 Å². The number of phenolic OH excluding ortho intramolecular Hbond substituents is 1. The summed E-state index contributed by atoms with van der Waals surface area (Å²) in [6, 6.07) is 6.42. The van der Waals surface area contributed by atoms with Crippen LogP contribution in [-0.2, 0) is 15.3 Å². The van der Waals surface area contributed by atoms with Crippen LogP contribution in [-0.4, -0.2) is 15.9 Å². The van der Waals surface area contributed by atoms with Crippen molar-refractivity contribution in [3.8, 4) is 5.75 Å². The maximum Gasteiger partial charge on any atom is 0.192 e. The highest BCUT2D eigenvalue weighted by Crippen LogP contribution is 2.19. The van der Waals surface area contributed by atoms with Gasteiger partial charge in [-0.15, -0.1) is 0 Å². The van der Waals surface area contributed by atoms with Crippen molar-refractivity contribution in [1.82, 2.24) is 0 Å². The summed E-state index contributed by atoms with van der Waals surface area (Å²) in [5.41, 5.74) is 0. The van der Waals surface area contributed by atoms with E-state index in [1.165, 1.54) is 6.07 Å². The van der Waals surface area contributed by atoms with Crippen LogP contribution in [0.4, 0.5) is 0 Å². The van der Waals surface area contributed by atoms with Crippen molar-refractivity contribution in [2.75, 3.05) is 6.61 Å². The average molecular weight is 186 g/mol. The zero-order chi connectivity index (χ0) is 8.97. The Labute approximate surface area is 73.7 Å². The van der Waals surface area contributed by atoms with E-state index in [4.69, 9.17) is 4.18 Å². The summed E-state index contributed by atoms with van der Waals surface area (Å²) in [6.07, 6.45) is 0. The van der Waals surface area contributed by atoms with E-state index >= 15 is 0 Å². The molecule has 12 heavy (non-hydrogen) atoms. The molecule has 1 rings (SSSR count). The molecule has 0 fully saturated rings. The standard InChI is InChI=1S/C8H10O3S/c1-2-11-12(10)8-6-4-3-5-7(8)9/h3-6,9H,2H2,1H3. The third-order valence-electron chi connectivity index (χ3n) is 1.27. The minimum Gasteiger partial charge on any atom is -0.507 e. The summed E-state index contributed by atoms with van der Waals surface area (Å²) in [7, 11) is 0. The molecule has 0 saturated carbocycles. The Bertz CT molecular complexity index is 285. The van der Waals surface area contributed by atoms with Crippen LogP contribution in [0.15, 0.2) is 29.2 Å². The minimum absolute atomic E-state index is 0.00397. The van der Waals surface area contributed by atoms with Gasteiger partial charge in [0.15, 0.2) is 11.1 Å². The first-order valence-electron chi connectivity index (χ1n) is 3.58. The predicted octanol–water partition coefficient (Wildman–Crippen LogP) is 1.45. The third-order valence-corrected chi connectivity index (χ3v) is 2.42. The third kappa shape index (κ3) is 2.06. The molecule has 1 aromatic rings. The lowest BCUT2D eigenvalue weighted by Gasteiger charge is -2.01. The topological polar surface area (TPSA) is 46.5 Å². The van der Waals surface area contributed by atoms with Crippen molar-refractivity contribution >= 4 is 11.1 Å². The molecule has 1 atom stereocenters. The smallest absolute Gasteiger partial charge is 0.192 e. The first-order chi connectivity index (χ1) is 5.75. The second kappa shape index (κ2) is 4.23. The van der Waals surface area contributed by atoms with Crippen molar-refractivity contribution in [1.29, 1.82) is 0 Å². The Morgan fingerprint density at radius 3 is 2.75 bits per heavy atom. The summed E-state index contributed by atoms with van der Waals surface area (Å²) in [4.78, 5) is 0.319. The molecule has 0 radical (unpaired) electrons. The maximum absolute atomic E-state index is 11.2. The molecule has 3 nitrogen and oxygen atoms in total. The molecular weight excluding hydrogens is 176 g/mol. The zero-order valence-corrected chi connectivity index (χ0v) is 7.50. The summed E-state index contributed by atoms with van der Waals surface area (Å²) in [5, 5.41) is 9.23. The van der Waals surface area contributed by atoms with E-state index in [0.29, 0.717) is 11.5 Å². The van der Waals surface area contributed by atoms with Crippen molar-refractivity contribution in [2.24, 2.45) is 0 Å². The average Bonchev–Trinajstić information content (AvgIpc) is 2.05. The van der Waals surface area contributed by atoms with E-state index in [0.717, 1.165) is 0 Å². The van der Waals surface area contributed by atoms with Crippen LogP contribution in [0.25, 0.3) is 0 Å². The zero-order valence-electron chi connectivity index (χ0n) is 6.69. The van der Waals surface area contributed by atoms with Gasteiger partial charge in [-0.3, -0.25) is 4.18 Å². The molecule has 0 aromatic heterocycles. The normalized spacial score (nSPS) is 12.8. The fourth-order valence-corrected chi connectivity index (χ4v) is 1.54. The van der Waals surface area contributed by atoms with Crippen LogP contribution in [0.1, 0.15) is 6.92 Å². The number of hydrogen-bond acceptors (Lipinski definition) is 3. The van der Waals surface area contributed by atoms with E-state index in [-0.39, 0.29) is 5.75 Å². The molecule has 0 spiro atoms. The highest BCUT2D eigenvalue weighted by molar-refractivity contribution is 7.80. The van der Waals surface area contributed by atoms with Gasteiger partial charge in [0.1, 0.15) is 10.6 Å². The quantitative estimate of drug-likeness (QED) is 0.777. The van der Waals surface area contributed by atoms with Gasteiger partial charge in [0.25, 0.3) is 0 Å². The lowest BCUT2D eigenvalue weighted by Crippen LogP contribution is -1.97. The maximum atomic E-state index is 11.2. The fraction of sp³-hybridized carbons (Fsp3) is 0.250. The van der Waals surface area contributed by atoms with Gasteiger partial charge < -0.3 is 5.11 Å². The van der Waals surface area contributed by atoms with Gasteiger partial charge in [0.2, 0.25) is 0 Å². The molecule has 0 bridgehead atoms. The molecule has 0 aliphatic rings. The summed E-state index contributed by atoms with van der Waals surface area (Å²) >= 11 is -1.55. The SMILES string of the molecule is CCOS(=O)c1ccccc1O. The van der Waals surface area contributed by atoms with Crippen molar-refractivity contribution in [3.05, 3.63) is 24.3 Å². The van der Waals surface area contributed by atoms with Crippen molar-refractivity contribution in [3.63, 3.8) is 0 Å². The van der Waals surface area contributed by atoms with Crippen LogP contribution in [0, 0.1) is 0 Å². The van der Waals surface area contributed by atoms with Gasteiger partial charge in [0, 0.05) is 0 Å². The Kier molecular flexibility index (Phi) is 3.25. The van der Waals surface area contributed by atoms with E-state index in [1.807, 2.05) is 0 Å². The van der Waals surface area contributed by atoms with Crippen LogP contribution < -0.4 is 0 Å². The Hall–Kier alpha value is -0.870. The number of rotatable bonds is 3. The van der Waals surface area contributed by atoms with Gasteiger partial charge in [0.05, 0.1) is 6.61 Å². The van der Waals surface area contributed by atoms with Crippen molar-refractivity contribution in [2.45, 2.75) is 11.8 Å². The Morgan fingerprint density at radius 1 is 1.50 bits per heavy atom. The predicted molar refractivity (Wildman–Crippen MR) is 46.1 cm³/mol. The lowest BCUT2D eigenvalue weighted by atomic mass is 10.3. The molecule has 4 heteroatoms. The molecule has 0 amide bonds. The van der Waals surface area contributed by atoms with Gasteiger partial charge >= 0.3 is 0 Å². The molecule has 0 saturated heterocycles. The van der Waals surface area contributed by atoms with Crippen LogP contribution in [0.3, 0.4) is 0 Å². The number of phenols is 1. The van der Waals surface area contributed by atoms with Crippen LogP contribution >= 0.6 is 0 Å². The van der Waals surface area contributed by atoms with Gasteiger partial charge in [-0.05, 0) is 19.1 Å². The molecule has 1 N–H and O–H groups in total. The Balaban J connectivity index is 2.87. The second-order valence-electron chi connectivity index (χ2n) is 2.11. The van der Waals surface area contributed by atoms with Crippen molar-refractivity contribution < 1.29 is 13.5 Å². The first kappa shape index (κ1) is 9.22. The van der Waals surface area contributed by atoms with E-state index in [9.17, 15) is 9.32 Å². The number of para-hydroxylation sites is 1. The highest BCUT2D eigenvalue weighted by atomic mass is 32.2.